The van der Waals surface area contributed by atoms with Crippen molar-refractivity contribution in [1.29, 1.82) is 0 Å². The van der Waals surface area contributed by atoms with E-state index in [0.717, 1.165) is 44.1 Å². The zero-order chi connectivity index (χ0) is 26.5. The third kappa shape index (κ3) is 5.85. The highest BCUT2D eigenvalue weighted by Gasteiger charge is 2.17. The van der Waals surface area contributed by atoms with Crippen LogP contribution in [0.5, 0.6) is 5.75 Å². The Morgan fingerprint density at radius 3 is 2.37 bits per heavy atom. The molecule has 0 bridgehead atoms. The zero-order valence-electron chi connectivity index (χ0n) is 21.0. The van der Waals surface area contributed by atoms with Gasteiger partial charge < -0.3 is 4.74 Å². The summed E-state index contributed by atoms with van der Waals surface area (Å²) in [6.45, 7) is 4.63. The number of nitrogens with zero attached hydrogens (tertiary/aromatic N) is 3. The van der Waals surface area contributed by atoms with Gasteiger partial charge in [0.2, 0.25) is 5.13 Å². The zero-order valence-corrected chi connectivity index (χ0v) is 21.8. The van der Waals surface area contributed by atoms with Crippen LogP contribution in [0.1, 0.15) is 22.3 Å². The molecule has 4 aromatic carbocycles. The Hall–Kier alpha value is -4.62. The van der Waals surface area contributed by atoms with Crippen LogP contribution in [0.3, 0.4) is 0 Å². The molecule has 0 saturated carbocycles. The quantitative estimate of drug-likeness (QED) is 0.117. The molecular formula is C31H25N3O3S. The number of ether oxygens (including phenoxy) is 1. The number of nitro benzene ring substituents is 1. The second-order valence-electron chi connectivity index (χ2n) is 8.90. The van der Waals surface area contributed by atoms with E-state index in [9.17, 15) is 10.1 Å². The van der Waals surface area contributed by atoms with Gasteiger partial charge in [0.25, 0.3) is 5.69 Å². The topological polar surface area (TPSA) is 77.6 Å². The van der Waals surface area contributed by atoms with E-state index >= 15 is 0 Å². The molecule has 188 valence electrons. The number of aryl methyl sites for hydroxylation is 2. The Morgan fingerprint density at radius 2 is 1.68 bits per heavy atom. The molecule has 0 amide bonds. The summed E-state index contributed by atoms with van der Waals surface area (Å²) in [6.07, 6.45) is 1.78. The van der Waals surface area contributed by atoms with Gasteiger partial charge in [-0.25, -0.2) is 9.98 Å². The number of nitro groups is 1. The molecular weight excluding hydrogens is 494 g/mol. The summed E-state index contributed by atoms with van der Waals surface area (Å²) < 4.78 is 5.87. The minimum atomic E-state index is -0.394. The van der Waals surface area contributed by atoms with Crippen LogP contribution < -0.4 is 4.74 Å². The van der Waals surface area contributed by atoms with Crippen molar-refractivity contribution in [3.63, 3.8) is 0 Å². The Kier molecular flexibility index (Phi) is 7.38. The van der Waals surface area contributed by atoms with Gasteiger partial charge in [-0.05, 0) is 72.5 Å². The third-order valence-electron chi connectivity index (χ3n) is 6.05. The van der Waals surface area contributed by atoms with E-state index in [0.29, 0.717) is 11.7 Å². The molecule has 1 heterocycles. The van der Waals surface area contributed by atoms with Crippen LogP contribution in [-0.2, 0) is 6.61 Å². The van der Waals surface area contributed by atoms with Crippen molar-refractivity contribution in [3.8, 4) is 27.4 Å². The largest absolute Gasteiger partial charge is 0.489 e. The lowest BCUT2D eigenvalue weighted by Gasteiger charge is -2.07. The van der Waals surface area contributed by atoms with Gasteiger partial charge in [-0.1, -0.05) is 65.4 Å². The Labute approximate surface area is 225 Å². The molecule has 5 rings (SSSR count). The van der Waals surface area contributed by atoms with Gasteiger partial charge in [0.1, 0.15) is 12.4 Å². The molecule has 0 saturated heterocycles. The minimum Gasteiger partial charge on any atom is -0.489 e. The highest BCUT2D eigenvalue weighted by molar-refractivity contribution is 7.19. The lowest BCUT2D eigenvalue weighted by atomic mass is 10.0. The first kappa shape index (κ1) is 25.0. The predicted molar refractivity (Wildman–Crippen MR) is 154 cm³/mol. The molecule has 0 aliphatic heterocycles. The highest BCUT2D eigenvalue weighted by atomic mass is 32.1. The molecule has 0 radical (unpaired) electrons. The van der Waals surface area contributed by atoms with E-state index in [1.807, 2.05) is 54.6 Å². The molecule has 5 aromatic rings. The number of non-ortho nitro benzene ring substituents is 1. The van der Waals surface area contributed by atoms with E-state index in [1.54, 1.807) is 18.3 Å². The SMILES string of the molecule is Cc1ccc(-c2nc(N=Cc3ccc(OCc4ccccc4)cc3)sc2-c2ccc([N+](=O)[O-])cc2)c(C)c1. The Bertz CT molecular complexity index is 1590. The molecule has 0 aliphatic carbocycles. The van der Waals surface area contributed by atoms with Crippen molar-refractivity contribution >= 4 is 28.4 Å². The van der Waals surface area contributed by atoms with Crippen molar-refractivity contribution in [1.82, 2.24) is 4.98 Å². The first-order chi connectivity index (χ1) is 18.5. The maximum atomic E-state index is 11.1. The lowest BCUT2D eigenvalue weighted by Crippen LogP contribution is -1.94. The van der Waals surface area contributed by atoms with Gasteiger partial charge >= 0.3 is 0 Å². The fourth-order valence-corrected chi connectivity index (χ4v) is 5.01. The van der Waals surface area contributed by atoms with Crippen molar-refractivity contribution in [3.05, 3.63) is 129 Å². The van der Waals surface area contributed by atoms with E-state index in [1.165, 1.54) is 29.0 Å². The van der Waals surface area contributed by atoms with Crippen LogP contribution in [0.2, 0.25) is 0 Å². The number of hydrogen-bond acceptors (Lipinski definition) is 6. The molecule has 0 atom stereocenters. The summed E-state index contributed by atoms with van der Waals surface area (Å²) >= 11 is 1.46. The lowest BCUT2D eigenvalue weighted by molar-refractivity contribution is -0.384. The number of aromatic nitrogens is 1. The number of aliphatic imine (C=N–C) groups is 1. The third-order valence-corrected chi connectivity index (χ3v) is 7.06. The smallest absolute Gasteiger partial charge is 0.269 e. The monoisotopic (exact) mass is 519 g/mol. The van der Waals surface area contributed by atoms with E-state index in [4.69, 9.17) is 9.72 Å². The summed E-state index contributed by atoms with van der Waals surface area (Å²) in [5.74, 6) is 0.790. The maximum absolute atomic E-state index is 11.1. The molecule has 7 heteroatoms. The predicted octanol–water partition coefficient (Wildman–Crippen LogP) is 8.33. The second-order valence-corrected chi connectivity index (χ2v) is 9.88. The first-order valence-electron chi connectivity index (χ1n) is 12.1. The fraction of sp³-hybridized carbons (Fsp3) is 0.0968. The molecule has 0 aliphatic rings. The van der Waals surface area contributed by atoms with Crippen molar-refractivity contribution < 1.29 is 9.66 Å². The molecule has 38 heavy (non-hydrogen) atoms. The van der Waals surface area contributed by atoms with Crippen molar-refractivity contribution in [2.45, 2.75) is 20.5 Å². The molecule has 1 aromatic heterocycles. The first-order valence-corrected chi connectivity index (χ1v) is 12.9. The van der Waals surface area contributed by atoms with Crippen molar-refractivity contribution in [2.75, 3.05) is 0 Å². The average molecular weight is 520 g/mol. The molecule has 0 spiro atoms. The highest BCUT2D eigenvalue weighted by Crippen LogP contribution is 2.41. The van der Waals surface area contributed by atoms with Crippen molar-refractivity contribution in [2.24, 2.45) is 4.99 Å². The van der Waals surface area contributed by atoms with Gasteiger partial charge in [0.05, 0.1) is 15.5 Å². The van der Waals surface area contributed by atoms with Crippen LogP contribution in [0.4, 0.5) is 10.8 Å². The number of benzene rings is 4. The minimum absolute atomic E-state index is 0.0563. The number of rotatable bonds is 8. The van der Waals surface area contributed by atoms with Gasteiger partial charge in [0, 0.05) is 23.9 Å². The van der Waals surface area contributed by atoms with E-state index in [-0.39, 0.29) is 5.69 Å². The van der Waals surface area contributed by atoms with Crippen LogP contribution >= 0.6 is 11.3 Å². The summed E-state index contributed by atoms with van der Waals surface area (Å²) in [7, 11) is 0. The number of thiazole rings is 1. The van der Waals surface area contributed by atoms with Crippen LogP contribution in [-0.4, -0.2) is 16.1 Å². The summed E-state index contributed by atoms with van der Waals surface area (Å²) in [5.41, 5.74) is 7.08. The normalized spacial score (nSPS) is 11.1. The van der Waals surface area contributed by atoms with E-state index in [2.05, 4.69) is 37.0 Å². The Balaban J connectivity index is 1.40. The molecule has 6 nitrogen and oxygen atoms in total. The Morgan fingerprint density at radius 1 is 0.947 bits per heavy atom. The van der Waals surface area contributed by atoms with Crippen LogP contribution in [0.25, 0.3) is 21.7 Å². The van der Waals surface area contributed by atoms with Crippen LogP contribution in [0.15, 0.2) is 102 Å². The number of hydrogen-bond donors (Lipinski definition) is 0. The summed E-state index contributed by atoms with van der Waals surface area (Å²) in [4.78, 5) is 21.2. The van der Waals surface area contributed by atoms with Gasteiger partial charge in [-0.2, -0.15) is 0 Å². The average Bonchev–Trinajstić information content (AvgIpc) is 3.36. The fourth-order valence-electron chi connectivity index (χ4n) is 4.08. The van der Waals surface area contributed by atoms with Gasteiger partial charge in [-0.3, -0.25) is 10.1 Å². The maximum Gasteiger partial charge on any atom is 0.269 e. The van der Waals surface area contributed by atoms with Gasteiger partial charge in [-0.15, -0.1) is 0 Å². The summed E-state index contributed by atoms with van der Waals surface area (Å²) in [5, 5.41) is 11.7. The molecule has 0 unspecified atom stereocenters. The molecule has 0 N–H and O–H groups in total. The summed E-state index contributed by atoms with van der Waals surface area (Å²) in [6, 6.07) is 30.6. The van der Waals surface area contributed by atoms with Gasteiger partial charge in [0.15, 0.2) is 0 Å². The van der Waals surface area contributed by atoms with Crippen LogP contribution in [0, 0.1) is 24.0 Å². The standard InChI is InChI=1S/C31H25N3O3S/c1-21-8-17-28(22(2)18-21)29-30(25-11-13-26(14-12-25)34(35)36)38-31(33-29)32-19-23-9-15-27(16-10-23)37-20-24-6-4-3-5-7-24/h3-19H,20H2,1-2H3. The molecule has 0 fully saturated rings. The second kappa shape index (κ2) is 11.2. The van der Waals surface area contributed by atoms with E-state index < -0.39 is 4.92 Å².